The molecular formula is C27H29F6N5O3. The van der Waals surface area contributed by atoms with Gasteiger partial charge in [0, 0.05) is 13.1 Å². The molecule has 14 heteroatoms. The van der Waals surface area contributed by atoms with E-state index in [9.17, 15) is 36.2 Å². The van der Waals surface area contributed by atoms with Crippen LogP contribution in [0.1, 0.15) is 79.5 Å². The molecule has 3 heterocycles. The van der Waals surface area contributed by atoms with E-state index in [0.717, 1.165) is 5.56 Å². The van der Waals surface area contributed by atoms with Crippen LogP contribution in [-0.4, -0.2) is 43.8 Å². The third-order valence-corrected chi connectivity index (χ3v) is 6.93. The topological polar surface area (TPSA) is 118 Å². The Kier molecular flexibility index (Phi) is 7.84. The fourth-order valence-electron chi connectivity index (χ4n) is 4.55. The lowest BCUT2D eigenvalue weighted by molar-refractivity contribution is -0.277. The zero-order chi connectivity index (χ0) is 30.4. The minimum absolute atomic E-state index is 0.0832. The first-order valence-electron chi connectivity index (χ1n) is 12.8. The van der Waals surface area contributed by atoms with Crippen molar-refractivity contribution in [3.63, 3.8) is 0 Å². The molecule has 3 aromatic rings. The van der Waals surface area contributed by atoms with Gasteiger partial charge in [0.15, 0.2) is 5.69 Å². The number of carbonyl (C=O) groups excluding carboxylic acids is 1. The van der Waals surface area contributed by atoms with Crippen LogP contribution < -0.4 is 5.73 Å². The number of halogens is 6. The average molecular weight is 586 g/mol. The van der Waals surface area contributed by atoms with E-state index in [1.807, 2.05) is 32.9 Å². The van der Waals surface area contributed by atoms with Crippen molar-refractivity contribution in [2.24, 2.45) is 0 Å². The Morgan fingerprint density at radius 3 is 2.37 bits per heavy atom. The van der Waals surface area contributed by atoms with Crippen LogP contribution in [0.15, 0.2) is 34.7 Å². The van der Waals surface area contributed by atoms with Crippen molar-refractivity contribution >= 4 is 11.6 Å². The standard InChI is InChI=1S/C27H29F6N5O3/c1-24(2,3)16-9-7-8-15(12-16)14-38-11-6-4-5-10-25(40,27(31,32)33)23-37-36-21(41-23)20-18(34)13-17(26(28,29)30)19(35-20)22(38)39/h7-9,12-13,40H,4-6,10-11,14,34H2,1-3H3. The summed E-state index contributed by atoms with van der Waals surface area (Å²) >= 11 is 0. The SMILES string of the molecule is CC(C)(C)c1cccc(CN2CCCCCC(O)(C(F)(F)F)c3nnc(o3)-c3nc(c(C(F)(F)F)cc3N)C2=O)c1. The van der Waals surface area contributed by atoms with Crippen molar-refractivity contribution in [1.82, 2.24) is 20.1 Å². The smallest absolute Gasteiger partial charge is 0.416 e. The number of anilines is 1. The highest BCUT2D eigenvalue weighted by Gasteiger charge is 2.58. The number of benzene rings is 1. The lowest BCUT2D eigenvalue weighted by Gasteiger charge is -2.28. The molecule has 0 fully saturated rings. The molecule has 222 valence electrons. The van der Waals surface area contributed by atoms with Crippen LogP contribution in [0.4, 0.5) is 32.0 Å². The molecule has 0 aliphatic carbocycles. The monoisotopic (exact) mass is 585 g/mol. The van der Waals surface area contributed by atoms with Crippen LogP contribution in [0.2, 0.25) is 0 Å². The summed E-state index contributed by atoms with van der Waals surface area (Å²) in [6.07, 6.45) is -11.0. The van der Waals surface area contributed by atoms with E-state index in [0.29, 0.717) is 11.6 Å². The van der Waals surface area contributed by atoms with Gasteiger partial charge in [-0.1, -0.05) is 51.5 Å². The van der Waals surface area contributed by atoms with E-state index in [1.54, 1.807) is 12.1 Å². The lowest BCUT2D eigenvalue weighted by atomic mass is 9.86. The van der Waals surface area contributed by atoms with Crippen molar-refractivity contribution in [2.75, 3.05) is 12.3 Å². The lowest BCUT2D eigenvalue weighted by Crippen LogP contribution is -2.42. The Morgan fingerprint density at radius 2 is 1.73 bits per heavy atom. The summed E-state index contributed by atoms with van der Waals surface area (Å²) in [4.78, 5) is 18.7. The first-order valence-corrected chi connectivity index (χ1v) is 12.8. The van der Waals surface area contributed by atoms with Crippen molar-refractivity contribution in [3.05, 3.63) is 58.6 Å². The molecule has 0 saturated carbocycles. The maximum atomic E-state index is 14.1. The summed E-state index contributed by atoms with van der Waals surface area (Å²) in [5.41, 5.74) is -0.0935. The number of carbonyl (C=O) groups is 1. The summed E-state index contributed by atoms with van der Waals surface area (Å²) in [5.74, 6) is -3.03. The van der Waals surface area contributed by atoms with Gasteiger partial charge < -0.3 is 20.2 Å². The summed E-state index contributed by atoms with van der Waals surface area (Å²) < 4.78 is 89.1. The van der Waals surface area contributed by atoms with Crippen LogP contribution in [0.25, 0.3) is 11.6 Å². The molecule has 0 saturated heterocycles. The number of aromatic nitrogens is 3. The van der Waals surface area contributed by atoms with Crippen LogP contribution in [0.5, 0.6) is 0 Å². The van der Waals surface area contributed by atoms with E-state index in [1.165, 1.54) is 4.90 Å². The van der Waals surface area contributed by atoms with Crippen molar-refractivity contribution in [1.29, 1.82) is 0 Å². The minimum Gasteiger partial charge on any atom is -0.416 e. The molecule has 4 bridgehead atoms. The van der Waals surface area contributed by atoms with Gasteiger partial charge in [0.05, 0.1) is 11.3 Å². The first kappa shape index (κ1) is 30.3. The molecule has 3 N–H and O–H groups in total. The Hall–Kier alpha value is -3.68. The highest BCUT2D eigenvalue weighted by Crippen LogP contribution is 2.44. The quantitative estimate of drug-likeness (QED) is 0.355. The maximum Gasteiger partial charge on any atom is 0.426 e. The molecule has 1 aliphatic rings. The molecule has 1 aliphatic heterocycles. The van der Waals surface area contributed by atoms with Gasteiger partial charge in [-0.3, -0.25) is 4.79 Å². The molecule has 4 rings (SSSR count). The molecule has 1 aromatic carbocycles. The van der Waals surface area contributed by atoms with E-state index in [-0.39, 0.29) is 37.8 Å². The third kappa shape index (κ3) is 6.16. The van der Waals surface area contributed by atoms with Gasteiger partial charge in [-0.15, -0.1) is 10.2 Å². The van der Waals surface area contributed by atoms with Gasteiger partial charge in [0.1, 0.15) is 5.69 Å². The van der Waals surface area contributed by atoms with Gasteiger partial charge in [0.2, 0.25) is 5.60 Å². The number of hydrogen-bond acceptors (Lipinski definition) is 7. The number of nitrogens with two attached hydrogens (primary N) is 1. The molecule has 0 spiro atoms. The van der Waals surface area contributed by atoms with Gasteiger partial charge in [-0.2, -0.15) is 26.3 Å². The first-order chi connectivity index (χ1) is 18.9. The number of nitrogens with zero attached hydrogens (tertiary/aromatic N) is 4. The predicted molar refractivity (Wildman–Crippen MR) is 135 cm³/mol. The molecular weight excluding hydrogens is 556 g/mol. The number of amides is 1. The van der Waals surface area contributed by atoms with Crippen LogP contribution in [0.3, 0.4) is 0 Å². The van der Waals surface area contributed by atoms with Gasteiger partial charge in [0.25, 0.3) is 17.7 Å². The number of rotatable bonds is 2. The number of aliphatic hydroxyl groups is 1. The average Bonchev–Trinajstić information content (AvgIpc) is 3.35. The fraction of sp³-hybridized carbons (Fsp3) is 0.481. The van der Waals surface area contributed by atoms with Crippen LogP contribution in [0, 0.1) is 0 Å². The Balaban J connectivity index is 1.86. The summed E-state index contributed by atoms with van der Waals surface area (Å²) in [5, 5.41) is 17.3. The molecule has 0 radical (unpaired) electrons. The number of pyridine rings is 1. The molecule has 41 heavy (non-hydrogen) atoms. The Bertz CT molecular complexity index is 1430. The number of hydrogen-bond donors (Lipinski definition) is 2. The van der Waals surface area contributed by atoms with Gasteiger partial charge in [-0.05, 0) is 41.9 Å². The highest BCUT2D eigenvalue weighted by molar-refractivity contribution is 5.95. The largest absolute Gasteiger partial charge is 0.426 e. The second-order valence-electron chi connectivity index (χ2n) is 11.1. The fourth-order valence-corrected chi connectivity index (χ4v) is 4.55. The zero-order valence-electron chi connectivity index (χ0n) is 22.5. The number of fused-ring (bicyclic) bond motifs is 5. The summed E-state index contributed by atoms with van der Waals surface area (Å²) in [6, 6.07) is 7.69. The number of nitrogen functional groups attached to an aromatic ring is 1. The highest BCUT2D eigenvalue weighted by atomic mass is 19.4. The zero-order valence-corrected chi connectivity index (χ0v) is 22.5. The molecule has 8 nitrogen and oxygen atoms in total. The molecule has 2 aromatic heterocycles. The Morgan fingerprint density at radius 1 is 1.02 bits per heavy atom. The normalized spacial score (nSPS) is 19.3. The van der Waals surface area contributed by atoms with Crippen molar-refractivity contribution < 1.29 is 40.7 Å². The second-order valence-corrected chi connectivity index (χ2v) is 11.1. The number of alkyl halides is 6. The maximum absolute atomic E-state index is 14.1. The summed E-state index contributed by atoms with van der Waals surface area (Å²) in [6.45, 7) is 5.79. The van der Waals surface area contributed by atoms with E-state index >= 15 is 0 Å². The van der Waals surface area contributed by atoms with Gasteiger partial charge >= 0.3 is 12.4 Å². The Labute approximate surface area is 231 Å². The second kappa shape index (κ2) is 10.6. The predicted octanol–water partition coefficient (Wildman–Crippen LogP) is 6.00. The third-order valence-electron chi connectivity index (χ3n) is 6.93. The summed E-state index contributed by atoms with van der Waals surface area (Å²) in [7, 11) is 0. The molecule has 1 unspecified atom stereocenters. The van der Waals surface area contributed by atoms with E-state index in [4.69, 9.17) is 10.2 Å². The van der Waals surface area contributed by atoms with Crippen LogP contribution >= 0.6 is 0 Å². The van der Waals surface area contributed by atoms with Crippen LogP contribution in [-0.2, 0) is 23.7 Å². The van der Waals surface area contributed by atoms with Crippen molar-refractivity contribution in [3.8, 4) is 11.6 Å². The molecule has 1 atom stereocenters. The van der Waals surface area contributed by atoms with E-state index in [2.05, 4.69) is 15.2 Å². The van der Waals surface area contributed by atoms with Crippen molar-refractivity contribution in [2.45, 2.75) is 76.4 Å². The van der Waals surface area contributed by atoms with E-state index < -0.39 is 64.7 Å². The molecule has 1 amide bonds. The van der Waals surface area contributed by atoms with Gasteiger partial charge in [-0.25, -0.2) is 4.98 Å². The minimum atomic E-state index is -5.20.